The molecule has 19 heavy (non-hydrogen) atoms. The van der Waals surface area contributed by atoms with Gasteiger partial charge in [-0.2, -0.15) is 0 Å². The lowest BCUT2D eigenvalue weighted by atomic mass is 10.1. The summed E-state index contributed by atoms with van der Waals surface area (Å²) in [4.78, 5) is 12.0. The lowest BCUT2D eigenvalue weighted by molar-refractivity contribution is -0.119. The van der Waals surface area contributed by atoms with E-state index >= 15 is 0 Å². The summed E-state index contributed by atoms with van der Waals surface area (Å²) in [7, 11) is 2.83. The lowest BCUT2D eigenvalue weighted by Crippen LogP contribution is -2.24. The van der Waals surface area contributed by atoms with Crippen LogP contribution in [0.1, 0.15) is 6.42 Å². The molecule has 1 aliphatic heterocycles. The Labute approximate surface area is 111 Å². The molecule has 1 atom stereocenters. The SMILES string of the molecule is COc1cc(OC)c(NC(=O)C2CCNC2)cc1F. The molecule has 5 nitrogen and oxygen atoms in total. The van der Waals surface area contributed by atoms with Gasteiger partial charge in [0.25, 0.3) is 0 Å². The number of hydrogen-bond donors (Lipinski definition) is 2. The van der Waals surface area contributed by atoms with Crippen LogP contribution in [0.25, 0.3) is 0 Å². The van der Waals surface area contributed by atoms with Crippen LogP contribution in [0.5, 0.6) is 11.5 Å². The molecule has 0 aromatic heterocycles. The van der Waals surface area contributed by atoms with Gasteiger partial charge in [0.1, 0.15) is 5.75 Å². The molecule has 0 aliphatic carbocycles. The zero-order valence-electron chi connectivity index (χ0n) is 11.0. The Morgan fingerprint density at radius 2 is 2.11 bits per heavy atom. The molecule has 2 rings (SSSR count). The van der Waals surface area contributed by atoms with Gasteiger partial charge >= 0.3 is 0 Å². The van der Waals surface area contributed by atoms with Gasteiger partial charge in [-0.05, 0) is 13.0 Å². The molecule has 104 valence electrons. The molecule has 1 heterocycles. The van der Waals surface area contributed by atoms with Crippen molar-refractivity contribution in [2.45, 2.75) is 6.42 Å². The third-order valence-electron chi connectivity index (χ3n) is 3.16. The molecule has 0 saturated carbocycles. The molecule has 6 heteroatoms. The molecule has 0 radical (unpaired) electrons. The molecule has 1 saturated heterocycles. The summed E-state index contributed by atoms with van der Waals surface area (Å²) in [5.74, 6) is -0.305. The highest BCUT2D eigenvalue weighted by molar-refractivity contribution is 5.94. The quantitative estimate of drug-likeness (QED) is 0.866. The van der Waals surface area contributed by atoms with Crippen molar-refractivity contribution >= 4 is 11.6 Å². The van der Waals surface area contributed by atoms with Crippen molar-refractivity contribution in [3.8, 4) is 11.5 Å². The van der Waals surface area contributed by atoms with E-state index in [1.54, 1.807) is 0 Å². The van der Waals surface area contributed by atoms with Crippen molar-refractivity contribution in [1.82, 2.24) is 5.32 Å². The third kappa shape index (κ3) is 2.96. The highest BCUT2D eigenvalue weighted by atomic mass is 19.1. The zero-order valence-corrected chi connectivity index (χ0v) is 11.0. The molecule has 0 spiro atoms. The summed E-state index contributed by atoms with van der Waals surface area (Å²) in [6, 6.07) is 2.62. The van der Waals surface area contributed by atoms with Crippen molar-refractivity contribution in [3.05, 3.63) is 17.9 Å². The van der Waals surface area contributed by atoms with E-state index < -0.39 is 5.82 Å². The summed E-state index contributed by atoms with van der Waals surface area (Å²) in [6.07, 6.45) is 0.785. The summed E-state index contributed by atoms with van der Waals surface area (Å²) in [5, 5.41) is 5.81. The minimum Gasteiger partial charge on any atom is -0.494 e. The van der Waals surface area contributed by atoms with Crippen LogP contribution in [0.15, 0.2) is 12.1 Å². The normalized spacial score (nSPS) is 18.2. The van der Waals surface area contributed by atoms with E-state index in [1.165, 1.54) is 26.4 Å². The maximum Gasteiger partial charge on any atom is 0.228 e. The van der Waals surface area contributed by atoms with Gasteiger partial charge in [-0.25, -0.2) is 4.39 Å². The predicted molar refractivity (Wildman–Crippen MR) is 69.1 cm³/mol. The number of benzene rings is 1. The largest absolute Gasteiger partial charge is 0.494 e. The maximum atomic E-state index is 13.7. The van der Waals surface area contributed by atoms with Gasteiger partial charge in [-0.3, -0.25) is 4.79 Å². The van der Waals surface area contributed by atoms with E-state index in [1.807, 2.05) is 0 Å². The maximum absolute atomic E-state index is 13.7. The highest BCUT2D eigenvalue weighted by Gasteiger charge is 2.23. The van der Waals surface area contributed by atoms with Gasteiger partial charge < -0.3 is 20.1 Å². The van der Waals surface area contributed by atoms with Gasteiger partial charge in [-0.1, -0.05) is 0 Å². The first-order valence-electron chi connectivity index (χ1n) is 6.08. The Morgan fingerprint density at radius 3 is 2.68 bits per heavy atom. The van der Waals surface area contributed by atoms with Crippen LogP contribution < -0.4 is 20.1 Å². The molecule has 2 N–H and O–H groups in total. The fraction of sp³-hybridized carbons (Fsp3) is 0.462. The predicted octanol–water partition coefficient (Wildman–Crippen LogP) is 1.39. The molecule has 1 aromatic carbocycles. The zero-order chi connectivity index (χ0) is 13.8. The molecule has 1 aromatic rings. The second-order valence-electron chi connectivity index (χ2n) is 4.37. The second kappa shape index (κ2) is 5.88. The lowest BCUT2D eigenvalue weighted by Gasteiger charge is -2.14. The van der Waals surface area contributed by atoms with Crippen molar-refractivity contribution in [1.29, 1.82) is 0 Å². The molecule has 1 unspecified atom stereocenters. The van der Waals surface area contributed by atoms with Crippen LogP contribution in [0.4, 0.5) is 10.1 Å². The Bertz CT molecular complexity index is 473. The van der Waals surface area contributed by atoms with Gasteiger partial charge in [0.2, 0.25) is 5.91 Å². The average Bonchev–Trinajstić information content (AvgIpc) is 2.93. The molecular formula is C13H17FN2O3. The third-order valence-corrected chi connectivity index (χ3v) is 3.16. The minimum atomic E-state index is -0.539. The van der Waals surface area contributed by atoms with Crippen molar-refractivity contribution in [3.63, 3.8) is 0 Å². The average molecular weight is 268 g/mol. The first-order chi connectivity index (χ1) is 9.15. The molecular weight excluding hydrogens is 251 g/mol. The Balaban J connectivity index is 2.18. The Kier molecular flexibility index (Phi) is 4.21. The molecule has 0 bridgehead atoms. The number of hydrogen-bond acceptors (Lipinski definition) is 4. The number of nitrogens with one attached hydrogen (secondary N) is 2. The van der Waals surface area contributed by atoms with Crippen LogP contribution in [-0.2, 0) is 4.79 Å². The fourth-order valence-corrected chi connectivity index (χ4v) is 2.07. The van der Waals surface area contributed by atoms with E-state index in [9.17, 15) is 9.18 Å². The van der Waals surface area contributed by atoms with Crippen LogP contribution in [0, 0.1) is 11.7 Å². The van der Waals surface area contributed by atoms with Gasteiger partial charge in [-0.15, -0.1) is 0 Å². The smallest absolute Gasteiger partial charge is 0.228 e. The summed E-state index contributed by atoms with van der Waals surface area (Å²) in [6.45, 7) is 1.47. The van der Waals surface area contributed by atoms with Gasteiger partial charge in [0.05, 0.1) is 25.8 Å². The summed E-state index contributed by atoms with van der Waals surface area (Å²) >= 11 is 0. The van der Waals surface area contributed by atoms with Crippen LogP contribution in [0.2, 0.25) is 0 Å². The number of carbonyl (C=O) groups is 1. The monoisotopic (exact) mass is 268 g/mol. The minimum absolute atomic E-state index is 0.0809. The van der Waals surface area contributed by atoms with Crippen LogP contribution in [-0.4, -0.2) is 33.2 Å². The van der Waals surface area contributed by atoms with Crippen molar-refractivity contribution in [2.24, 2.45) is 5.92 Å². The molecule has 1 aliphatic rings. The van der Waals surface area contributed by atoms with Gasteiger partial charge in [0, 0.05) is 18.7 Å². The number of halogens is 1. The van der Waals surface area contributed by atoms with E-state index in [0.29, 0.717) is 18.0 Å². The fourth-order valence-electron chi connectivity index (χ4n) is 2.07. The van der Waals surface area contributed by atoms with E-state index in [2.05, 4.69) is 10.6 Å². The second-order valence-corrected chi connectivity index (χ2v) is 4.37. The molecule has 1 fully saturated rings. The van der Waals surface area contributed by atoms with Crippen molar-refractivity contribution in [2.75, 3.05) is 32.6 Å². The number of ether oxygens (including phenoxy) is 2. The summed E-state index contributed by atoms with van der Waals surface area (Å²) < 4.78 is 23.6. The topological polar surface area (TPSA) is 59.6 Å². The first kappa shape index (κ1) is 13.6. The number of carbonyl (C=O) groups excluding carboxylic acids is 1. The standard InChI is InChI=1S/C13H17FN2O3/c1-18-11-6-12(19-2)10(5-9(11)14)16-13(17)8-3-4-15-7-8/h5-6,8,15H,3-4,7H2,1-2H3,(H,16,17). The van der Waals surface area contributed by atoms with Crippen molar-refractivity contribution < 1.29 is 18.7 Å². The number of rotatable bonds is 4. The molecule has 1 amide bonds. The first-order valence-corrected chi connectivity index (χ1v) is 6.08. The Morgan fingerprint density at radius 1 is 1.37 bits per heavy atom. The number of amides is 1. The number of anilines is 1. The van der Waals surface area contributed by atoms with E-state index in [-0.39, 0.29) is 17.6 Å². The van der Waals surface area contributed by atoms with Crippen LogP contribution in [0.3, 0.4) is 0 Å². The van der Waals surface area contributed by atoms with Crippen LogP contribution >= 0.6 is 0 Å². The summed E-state index contributed by atoms with van der Waals surface area (Å²) in [5.41, 5.74) is 0.317. The highest BCUT2D eigenvalue weighted by Crippen LogP contribution is 2.32. The van der Waals surface area contributed by atoms with Gasteiger partial charge in [0.15, 0.2) is 11.6 Å². The van der Waals surface area contributed by atoms with E-state index in [4.69, 9.17) is 9.47 Å². The Hall–Kier alpha value is -1.82. The number of methoxy groups -OCH3 is 2. The van der Waals surface area contributed by atoms with E-state index in [0.717, 1.165) is 13.0 Å².